The minimum atomic E-state index is -3.60. The van der Waals surface area contributed by atoms with E-state index in [1.807, 2.05) is 30.3 Å². The van der Waals surface area contributed by atoms with Crippen LogP contribution in [-0.2, 0) is 21.2 Å². The van der Waals surface area contributed by atoms with Crippen LogP contribution in [0.5, 0.6) is 0 Å². The van der Waals surface area contributed by atoms with Crippen LogP contribution < -0.4 is 0 Å². The maximum absolute atomic E-state index is 12.5. The van der Waals surface area contributed by atoms with Crippen molar-refractivity contribution in [1.82, 2.24) is 0 Å². The van der Waals surface area contributed by atoms with Gasteiger partial charge in [0.25, 0.3) is 0 Å². The largest absolute Gasteiger partial charge is 0.390 e. The van der Waals surface area contributed by atoms with E-state index in [0.29, 0.717) is 6.61 Å². The molecular formula is C20H24O5S. The second-order valence-corrected chi connectivity index (χ2v) is 8.09. The summed E-state index contributed by atoms with van der Waals surface area (Å²) in [5, 5.41) is 20.5. The maximum atomic E-state index is 12.5. The monoisotopic (exact) mass is 376 g/mol. The number of ether oxygens (including phenoxy) is 1. The molecule has 0 amide bonds. The lowest BCUT2D eigenvalue weighted by Gasteiger charge is -2.24. The summed E-state index contributed by atoms with van der Waals surface area (Å²) in [6.45, 7) is 3.79. The molecule has 0 aliphatic rings. The predicted molar refractivity (Wildman–Crippen MR) is 100 cm³/mol. The Labute approximate surface area is 154 Å². The zero-order valence-corrected chi connectivity index (χ0v) is 15.3. The van der Waals surface area contributed by atoms with E-state index >= 15 is 0 Å². The first kappa shape index (κ1) is 20.3. The summed E-state index contributed by atoms with van der Waals surface area (Å²) in [7, 11) is -3.60. The SMILES string of the molecule is C=C[C@H](CS(=O)(=O)c1ccccc1)[C@@H](O)[C@H](O)COCc1ccccc1. The quantitative estimate of drug-likeness (QED) is 0.621. The van der Waals surface area contributed by atoms with Gasteiger partial charge in [-0.1, -0.05) is 54.6 Å². The van der Waals surface area contributed by atoms with Gasteiger partial charge >= 0.3 is 0 Å². The standard InChI is InChI=1S/C20H24O5S/c1-2-17(15-26(23,24)18-11-7-4-8-12-18)20(22)19(21)14-25-13-16-9-5-3-6-10-16/h2-12,17,19-22H,1,13-15H2/t17-,19-,20-/m1/s1. The molecule has 26 heavy (non-hydrogen) atoms. The molecule has 0 heterocycles. The molecule has 0 aromatic heterocycles. The van der Waals surface area contributed by atoms with Crippen molar-refractivity contribution in [3.8, 4) is 0 Å². The van der Waals surface area contributed by atoms with Gasteiger partial charge in [-0.15, -0.1) is 6.58 Å². The Morgan fingerprint density at radius 1 is 1.00 bits per heavy atom. The third-order valence-corrected chi connectivity index (χ3v) is 5.86. The highest BCUT2D eigenvalue weighted by Crippen LogP contribution is 2.19. The molecule has 2 rings (SSSR count). The molecule has 0 aliphatic heterocycles. The molecular weight excluding hydrogens is 352 g/mol. The summed E-state index contributed by atoms with van der Waals surface area (Å²) in [5.41, 5.74) is 0.945. The fourth-order valence-electron chi connectivity index (χ4n) is 2.54. The molecule has 0 unspecified atom stereocenters. The van der Waals surface area contributed by atoms with Gasteiger partial charge < -0.3 is 14.9 Å². The van der Waals surface area contributed by atoms with Gasteiger partial charge in [-0.25, -0.2) is 8.42 Å². The minimum Gasteiger partial charge on any atom is -0.390 e. The van der Waals surface area contributed by atoms with E-state index in [2.05, 4.69) is 6.58 Å². The van der Waals surface area contributed by atoms with Crippen LogP contribution in [0.2, 0.25) is 0 Å². The molecule has 0 aliphatic carbocycles. The highest BCUT2D eigenvalue weighted by Gasteiger charge is 2.29. The van der Waals surface area contributed by atoms with Crippen molar-refractivity contribution < 1.29 is 23.4 Å². The molecule has 0 fully saturated rings. The first-order chi connectivity index (χ1) is 12.4. The van der Waals surface area contributed by atoms with Crippen LogP contribution in [0.3, 0.4) is 0 Å². The number of aliphatic hydroxyl groups is 2. The van der Waals surface area contributed by atoms with E-state index in [0.717, 1.165) is 5.56 Å². The van der Waals surface area contributed by atoms with Crippen LogP contribution in [0.4, 0.5) is 0 Å². The van der Waals surface area contributed by atoms with Gasteiger partial charge in [0.1, 0.15) is 6.10 Å². The third-order valence-electron chi connectivity index (χ3n) is 4.05. The summed E-state index contributed by atoms with van der Waals surface area (Å²) in [5.74, 6) is -1.15. The average molecular weight is 376 g/mol. The van der Waals surface area contributed by atoms with Crippen molar-refractivity contribution in [1.29, 1.82) is 0 Å². The smallest absolute Gasteiger partial charge is 0.179 e. The summed E-state index contributed by atoms with van der Waals surface area (Å²) < 4.78 is 30.3. The number of hydrogen-bond donors (Lipinski definition) is 2. The number of aliphatic hydroxyl groups excluding tert-OH is 2. The Morgan fingerprint density at radius 2 is 1.58 bits per heavy atom. The number of hydrogen-bond acceptors (Lipinski definition) is 5. The molecule has 2 aromatic rings. The van der Waals surface area contributed by atoms with Crippen molar-refractivity contribution in [2.75, 3.05) is 12.4 Å². The van der Waals surface area contributed by atoms with Gasteiger partial charge in [0.15, 0.2) is 9.84 Å². The molecule has 5 nitrogen and oxygen atoms in total. The van der Waals surface area contributed by atoms with E-state index in [4.69, 9.17) is 4.74 Å². The van der Waals surface area contributed by atoms with Crippen molar-refractivity contribution in [2.24, 2.45) is 5.92 Å². The first-order valence-electron chi connectivity index (χ1n) is 8.32. The fourth-order valence-corrected chi connectivity index (χ4v) is 4.14. The zero-order chi connectivity index (χ0) is 19.0. The van der Waals surface area contributed by atoms with E-state index < -0.39 is 28.0 Å². The molecule has 2 N–H and O–H groups in total. The van der Waals surface area contributed by atoms with E-state index in [1.165, 1.54) is 18.2 Å². The van der Waals surface area contributed by atoms with Crippen LogP contribution in [-0.4, -0.2) is 43.2 Å². The number of sulfone groups is 1. The zero-order valence-electron chi connectivity index (χ0n) is 14.4. The van der Waals surface area contributed by atoms with Gasteiger partial charge in [0.05, 0.1) is 30.0 Å². The van der Waals surface area contributed by atoms with Gasteiger partial charge in [0.2, 0.25) is 0 Å². The second kappa shape index (κ2) is 9.64. The topological polar surface area (TPSA) is 83.8 Å². The highest BCUT2D eigenvalue weighted by molar-refractivity contribution is 7.91. The summed E-state index contributed by atoms with van der Waals surface area (Å²) >= 11 is 0. The molecule has 0 saturated carbocycles. The Kier molecular flexibility index (Phi) is 7.53. The Hall–Kier alpha value is -1.99. The summed E-state index contributed by atoms with van der Waals surface area (Å²) in [6, 6.07) is 17.4. The molecule has 0 spiro atoms. The Morgan fingerprint density at radius 3 is 2.15 bits per heavy atom. The van der Waals surface area contributed by atoms with E-state index in [9.17, 15) is 18.6 Å². The lowest BCUT2D eigenvalue weighted by atomic mass is 10.0. The normalized spacial score (nSPS) is 15.2. The molecule has 0 saturated heterocycles. The van der Waals surface area contributed by atoms with Gasteiger partial charge in [0, 0.05) is 5.92 Å². The summed E-state index contributed by atoms with van der Waals surface area (Å²) in [6.07, 6.45) is -1.15. The van der Waals surface area contributed by atoms with Crippen molar-refractivity contribution in [2.45, 2.75) is 23.7 Å². The number of rotatable bonds is 10. The van der Waals surface area contributed by atoms with Gasteiger partial charge in [-0.3, -0.25) is 0 Å². The molecule has 3 atom stereocenters. The van der Waals surface area contributed by atoms with Crippen LogP contribution in [0, 0.1) is 5.92 Å². The number of benzene rings is 2. The van der Waals surface area contributed by atoms with Crippen molar-refractivity contribution >= 4 is 9.84 Å². The second-order valence-electron chi connectivity index (χ2n) is 6.05. The third kappa shape index (κ3) is 5.78. The molecule has 140 valence electrons. The van der Waals surface area contributed by atoms with E-state index in [-0.39, 0.29) is 17.3 Å². The average Bonchev–Trinajstić information content (AvgIpc) is 2.67. The Balaban J connectivity index is 1.92. The van der Waals surface area contributed by atoms with Crippen LogP contribution in [0.1, 0.15) is 5.56 Å². The van der Waals surface area contributed by atoms with Crippen LogP contribution >= 0.6 is 0 Å². The maximum Gasteiger partial charge on any atom is 0.179 e. The summed E-state index contributed by atoms with van der Waals surface area (Å²) in [4.78, 5) is 0.175. The minimum absolute atomic E-state index is 0.105. The van der Waals surface area contributed by atoms with Crippen LogP contribution in [0.15, 0.2) is 78.2 Å². The first-order valence-corrected chi connectivity index (χ1v) is 9.97. The lowest BCUT2D eigenvalue weighted by molar-refractivity contribution is -0.0539. The van der Waals surface area contributed by atoms with Crippen molar-refractivity contribution in [3.05, 3.63) is 78.9 Å². The van der Waals surface area contributed by atoms with Gasteiger partial charge in [-0.2, -0.15) is 0 Å². The van der Waals surface area contributed by atoms with Gasteiger partial charge in [-0.05, 0) is 17.7 Å². The van der Waals surface area contributed by atoms with Crippen LogP contribution in [0.25, 0.3) is 0 Å². The Bertz CT molecular complexity index is 774. The predicted octanol–water partition coefficient (Wildman–Crippen LogP) is 2.20. The molecule has 6 heteroatoms. The highest BCUT2D eigenvalue weighted by atomic mass is 32.2. The molecule has 0 radical (unpaired) electrons. The van der Waals surface area contributed by atoms with E-state index in [1.54, 1.807) is 18.2 Å². The fraction of sp³-hybridized carbons (Fsp3) is 0.300. The van der Waals surface area contributed by atoms with Crippen molar-refractivity contribution in [3.63, 3.8) is 0 Å². The lowest BCUT2D eigenvalue weighted by Crippen LogP contribution is -2.39. The molecule has 0 bridgehead atoms. The molecule has 2 aromatic carbocycles.